The largest absolute Gasteiger partial charge is 2.00 e. The van der Waals surface area contributed by atoms with E-state index in [-0.39, 0.29) is 32.1 Å². The van der Waals surface area contributed by atoms with Gasteiger partial charge < -0.3 is 18.8 Å². The van der Waals surface area contributed by atoms with E-state index >= 15 is 0 Å². The topological polar surface area (TPSA) is 96.6 Å². The van der Waals surface area contributed by atoms with Crippen LogP contribution in [0.5, 0.6) is 0 Å². The molecule has 102 valence electrons. The number of nitrogens with two attached hydrogens (primary N) is 1. The van der Waals surface area contributed by atoms with Crippen molar-refractivity contribution in [2.75, 3.05) is 32.3 Å². The summed E-state index contributed by atoms with van der Waals surface area (Å²) in [5.74, 6) is 0. The van der Waals surface area contributed by atoms with E-state index in [1.807, 2.05) is 6.92 Å². The van der Waals surface area contributed by atoms with Gasteiger partial charge in [0.15, 0.2) is 0 Å². The van der Waals surface area contributed by atoms with Crippen LogP contribution in [0.4, 0.5) is 0 Å². The number of rotatable bonds is 11. The Morgan fingerprint density at radius 2 is 2.06 bits per heavy atom. The number of hydroxylamine groups is 1. The zero-order chi connectivity index (χ0) is 12.3. The molecule has 5 N–H and O–H groups in total. The smallest absolute Gasteiger partial charge is 1.00 e. The third-order valence-electron chi connectivity index (χ3n) is 1.98. The van der Waals surface area contributed by atoms with Crippen LogP contribution in [0.15, 0.2) is 0 Å². The van der Waals surface area contributed by atoms with Gasteiger partial charge in [0.25, 0.3) is 0 Å². The molecule has 0 aliphatic heterocycles. The Hall–Kier alpha value is 0.796. The van der Waals surface area contributed by atoms with Gasteiger partial charge in [-0.15, -0.1) is 0 Å². The first kappa shape index (κ1) is 20.1. The summed E-state index contributed by atoms with van der Waals surface area (Å²) in [4.78, 5) is 9.37. The fourth-order valence-corrected chi connectivity index (χ4v) is 2.13. The van der Waals surface area contributed by atoms with E-state index in [0.29, 0.717) is 19.6 Å². The SMILES string of the molecule is CCCCCP(=O)(O)ONCCNCCN.[H-].[H-].[Mg+2]. The van der Waals surface area contributed by atoms with Crippen molar-refractivity contribution in [3.05, 3.63) is 0 Å². The molecule has 0 rings (SSSR count). The molecule has 0 aromatic heterocycles. The molecule has 6 nitrogen and oxygen atoms in total. The molecule has 0 radical (unpaired) electrons. The summed E-state index contributed by atoms with van der Waals surface area (Å²) in [5.41, 5.74) is 7.78. The van der Waals surface area contributed by atoms with Gasteiger partial charge in [0.2, 0.25) is 0 Å². The van der Waals surface area contributed by atoms with Gasteiger partial charge in [-0.25, -0.2) is 4.62 Å². The first-order valence-corrected chi connectivity index (χ1v) is 7.52. The fourth-order valence-electron chi connectivity index (χ4n) is 1.12. The predicted octanol–water partition coefficient (Wildman–Crippen LogP) is 0.276. The van der Waals surface area contributed by atoms with Crippen LogP contribution in [0.25, 0.3) is 0 Å². The molecule has 17 heavy (non-hydrogen) atoms. The average Bonchev–Trinajstić information content (AvgIpc) is 2.23. The summed E-state index contributed by atoms with van der Waals surface area (Å²) in [6, 6.07) is 0. The van der Waals surface area contributed by atoms with Crippen molar-refractivity contribution in [3.8, 4) is 0 Å². The zero-order valence-corrected chi connectivity index (χ0v) is 13.0. The van der Waals surface area contributed by atoms with Crippen LogP contribution >= 0.6 is 7.60 Å². The molecule has 0 saturated heterocycles. The molecule has 0 fully saturated rings. The number of unbranched alkanes of at least 4 members (excludes halogenated alkanes) is 2. The fraction of sp³-hybridized carbons (Fsp3) is 1.00. The van der Waals surface area contributed by atoms with E-state index in [2.05, 4.69) is 10.8 Å². The summed E-state index contributed by atoms with van der Waals surface area (Å²) in [7, 11) is -3.44. The summed E-state index contributed by atoms with van der Waals surface area (Å²) >= 11 is 0. The third-order valence-corrected chi connectivity index (χ3v) is 3.27. The maximum absolute atomic E-state index is 11.4. The molecule has 0 heterocycles. The van der Waals surface area contributed by atoms with E-state index in [4.69, 9.17) is 10.4 Å². The quantitative estimate of drug-likeness (QED) is 0.188. The molecule has 0 aromatic rings. The Morgan fingerprint density at radius 1 is 1.35 bits per heavy atom. The van der Waals surface area contributed by atoms with E-state index in [1.165, 1.54) is 0 Å². The number of hydrogen-bond acceptors (Lipinski definition) is 5. The van der Waals surface area contributed by atoms with Gasteiger partial charge in [-0.1, -0.05) is 19.8 Å². The van der Waals surface area contributed by atoms with Gasteiger partial charge >= 0.3 is 30.6 Å². The van der Waals surface area contributed by atoms with Gasteiger partial charge in [0.05, 0.1) is 6.16 Å². The molecule has 0 aromatic carbocycles. The molecule has 1 unspecified atom stereocenters. The third kappa shape index (κ3) is 14.7. The Balaban J connectivity index is -0.000000375. The van der Waals surface area contributed by atoms with Crippen LogP contribution < -0.4 is 16.5 Å². The maximum atomic E-state index is 11.4. The van der Waals surface area contributed by atoms with Gasteiger partial charge in [0.1, 0.15) is 0 Å². The van der Waals surface area contributed by atoms with Crippen LogP contribution in [0.2, 0.25) is 0 Å². The summed E-state index contributed by atoms with van der Waals surface area (Å²) in [5, 5.41) is 3.03. The summed E-state index contributed by atoms with van der Waals surface area (Å²) in [6.45, 7) is 4.50. The molecule has 0 saturated carbocycles. The van der Waals surface area contributed by atoms with E-state index in [9.17, 15) is 9.46 Å². The number of nitrogens with one attached hydrogen (secondary N) is 2. The molecule has 1 atom stereocenters. The van der Waals surface area contributed by atoms with E-state index in [0.717, 1.165) is 25.8 Å². The minimum absolute atomic E-state index is 0. The van der Waals surface area contributed by atoms with Crippen molar-refractivity contribution in [2.45, 2.75) is 26.2 Å². The van der Waals surface area contributed by atoms with Crippen LogP contribution in [0, 0.1) is 0 Å². The van der Waals surface area contributed by atoms with Crippen LogP contribution in [0.1, 0.15) is 29.0 Å². The van der Waals surface area contributed by atoms with Crippen molar-refractivity contribution < 1.29 is 16.9 Å². The molecule has 0 aliphatic rings. The molecule has 0 bridgehead atoms. The average molecular weight is 280 g/mol. The standard InChI is InChI=1S/C9H24N3O3P.Mg.2H/c1-2-3-4-9-16(13,14)15-12-8-7-11-6-5-10;;;/h11-12H,2-10H2,1H3,(H,13,14);;;/q;+2;2*-1. The second-order valence-electron chi connectivity index (χ2n) is 3.59. The Labute approximate surface area is 123 Å². The molecule has 0 amide bonds. The zero-order valence-electron chi connectivity index (χ0n) is 12.7. The molecular weight excluding hydrogens is 253 g/mol. The summed E-state index contributed by atoms with van der Waals surface area (Å²) < 4.78 is 16.2. The Bertz CT molecular complexity index is 219. The van der Waals surface area contributed by atoms with Crippen molar-refractivity contribution >= 4 is 30.6 Å². The van der Waals surface area contributed by atoms with Crippen LogP contribution in [-0.4, -0.2) is 60.3 Å². The molecule has 0 aliphatic carbocycles. The van der Waals surface area contributed by atoms with Crippen LogP contribution in [0.3, 0.4) is 0 Å². The van der Waals surface area contributed by atoms with Gasteiger partial charge in [0, 0.05) is 26.2 Å². The van der Waals surface area contributed by atoms with Crippen LogP contribution in [-0.2, 0) is 9.19 Å². The van der Waals surface area contributed by atoms with Gasteiger partial charge in [-0.2, -0.15) is 5.48 Å². The monoisotopic (exact) mass is 279 g/mol. The molecule has 8 heteroatoms. The normalized spacial score (nSPS) is 14.1. The van der Waals surface area contributed by atoms with Crippen molar-refractivity contribution in [2.24, 2.45) is 5.73 Å². The van der Waals surface area contributed by atoms with E-state index < -0.39 is 7.60 Å². The minimum Gasteiger partial charge on any atom is -1.00 e. The Morgan fingerprint density at radius 3 is 2.65 bits per heavy atom. The predicted molar refractivity (Wildman–Crippen MR) is 73.2 cm³/mol. The second-order valence-corrected chi connectivity index (χ2v) is 5.50. The first-order chi connectivity index (χ1) is 7.62. The van der Waals surface area contributed by atoms with E-state index in [1.54, 1.807) is 0 Å². The van der Waals surface area contributed by atoms with Crippen molar-refractivity contribution in [3.63, 3.8) is 0 Å². The summed E-state index contributed by atoms with van der Waals surface area (Å²) in [6.07, 6.45) is 2.91. The second kappa shape index (κ2) is 13.2. The molecular formula is C9H26MgN3O3P. The van der Waals surface area contributed by atoms with Gasteiger partial charge in [-0.3, -0.25) is 4.57 Å². The first-order valence-electron chi connectivity index (χ1n) is 5.76. The van der Waals surface area contributed by atoms with Crippen molar-refractivity contribution in [1.29, 1.82) is 0 Å². The minimum atomic E-state index is -3.44. The van der Waals surface area contributed by atoms with Gasteiger partial charge in [-0.05, 0) is 6.42 Å². The maximum Gasteiger partial charge on any atom is 2.00 e. The Kier molecular flexibility index (Phi) is 15.7. The molecule has 0 spiro atoms. The van der Waals surface area contributed by atoms with Crippen molar-refractivity contribution in [1.82, 2.24) is 10.8 Å². The number of hydrogen-bond donors (Lipinski definition) is 4.